The molecule has 3 aromatic carbocycles. The second-order valence-electron chi connectivity index (χ2n) is 8.87. The van der Waals surface area contributed by atoms with Gasteiger partial charge in [-0.2, -0.15) is 0 Å². The molecule has 0 atom stereocenters. The van der Waals surface area contributed by atoms with Gasteiger partial charge in [0.15, 0.2) is 5.11 Å². The van der Waals surface area contributed by atoms with Crippen LogP contribution in [0.15, 0.2) is 72.3 Å². The molecule has 0 unspecified atom stereocenters. The van der Waals surface area contributed by atoms with Crippen LogP contribution in [0.25, 0.3) is 22.5 Å². The lowest BCUT2D eigenvalue weighted by Crippen LogP contribution is -2.54. The molecule has 1 N–H and O–H groups in total. The lowest BCUT2D eigenvalue weighted by molar-refractivity contribution is -0.122. The van der Waals surface area contributed by atoms with Crippen LogP contribution in [0.2, 0.25) is 0 Å². The molecule has 4 aromatic rings. The molecule has 2 heterocycles. The molecule has 1 aromatic heterocycles. The largest absolute Gasteiger partial charge is 0.318 e. The van der Waals surface area contributed by atoms with Gasteiger partial charge in [0.1, 0.15) is 5.57 Å². The number of aromatic nitrogens is 1. The fraction of sp³-hybridized carbons (Fsp3) is 0.138. The summed E-state index contributed by atoms with van der Waals surface area (Å²) < 4.78 is 2.14. The van der Waals surface area contributed by atoms with E-state index >= 15 is 0 Å². The summed E-state index contributed by atoms with van der Waals surface area (Å²) in [5, 5.41) is 5.10. The molecular weight excluding hydrogens is 454 g/mol. The van der Waals surface area contributed by atoms with Gasteiger partial charge in [0.2, 0.25) is 0 Å². The fourth-order valence-corrected chi connectivity index (χ4v) is 4.93. The average Bonchev–Trinajstić information content (AvgIpc) is 3.11. The maximum atomic E-state index is 13.5. The van der Waals surface area contributed by atoms with Crippen molar-refractivity contribution in [3.63, 3.8) is 0 Å². The number of fused-ring (bicyclic) bond motifs is 1. The fourth-order valence-electron chi connectivity index (χ4n) is 4.66. The summed E-state index contributed by atoms with van der Waals surface area (Å²) in [6.45, 7) is 7.93. The van der Waals surface area contributed by atoms with Crippen molar-refractivity contribution in [1.82, 2.24) is 9.88 Å². The normalized spacial score (nSPS) is 15.3. The van der Waals surface area contributed by atoms with Gasteiger partial charge in [-0.15, -0.1) is 0 Å². The Morgan fingerprint density at radius 2 is 1.60 bits per heavy atom. The Labute approximate surface area is 209 Å². The molecule has 0 bridgehead atoms. The highest BCUT2D eigenvalue weighted by atomic mass is 32.1. The molecular formula is C29H25N3O2S. The third kappa shape index (κ3) is 3.86. The molecule has 1 fully saturated rings. The Morgan fingerprint density at radius 3 is 2.37 bits per heavy atom. The van der Waals surface area contributed by atoms with Crippen molar-refractivity contribution in [2.45, 2.75) is 27.7 Å². The number of hydrogen-bond donors (Lipinski definition) is 1. The smallest absolute Gasteiger partial charge is 0.270 e. The van der Waals surface area contributed by atoms with E-state index in [0.717, 1.165) is 39.2 Å². The number of hydrogen-bond acceptors (Lipinski definition) is 3. The van der Waals surface area contributed by atoms with Gasteiger partial charge >= 0.3 is 0 Å². The summed E-state index contributed by atoms with van der Waals surface area (Å²) in [5.41, 5.74) is 6.50. The van der Waals surface area contributed by atoms with Crippen molar-refractivity contribution in [3.05, 3.63) is 100 Å². The number of aryl methyl sites for hydroxylation is 2. The third-order valence-corrected chi connectivity index (χ3v) is 6.96. The topological polar surface area (TPSA) is 54.3 Å². The number of benzene rings is 3. The van der Waals surface area contributed by atoms with Gasteiger partial charge in [-0.1, -0.05) is 42.5 Å². The predicted octanol–water partition coefficient (Wildman–Crippen LogP) is 5.70. The Balaban J connectivity index is 1.58. The summed E-state index contributed by atoms with van der Waals surface area (Å²) in [5.74, 6) is -0.917. The minimum absolute atomic E-state index is 0.0540. The number of carbonyl (C=O) groups is 2. The molecule has 1 aliphatic rings. The van der Waals surface area contributed by atoms with Crippen molar-refractivity contribution in [3.8, 4) is 5.69 Å². The molecule has 35 heavy (non-hydrogen) atoms. The van der Waals surface area contributed by atoms with E-state index in [-0.39, 0.29) is 10.7 Å². The molecule has 0 saturated carbocycles. The van der Waals surface area contributed by atoms with Crippen LogP contribution in [0.3, 0.4) is 0 Å². The minimum atomic E-state index is -0.489. The Hall–Kier alpha value is -4.03. The molecule has 1 saturated heterocycles. The van der Waals surface area contributed by atoms with E-state index in [0.29, 0.717) is 5.69 Å². The van der Waals surface area contributed by atoms with Crippen LogP contribution in [-0.4, -0.2) is 21.5 Å². The first-order chi connectivity index (χ1) is 16.8. The Morgan fingerprint density at radius 1 is 0.857 bits per heavy atom. The van der Waals surface area contributed by atoms with Gasteiger partial charge in [-0.3, -0.25) is 19.8 Å². The van der Waals surface area contributed by atoms with Crippen molar-refractivity contribution in [1.29, 1.82) is 0 Å². The maximum Gasteiger partial charge on any atom is 0.270 e. The van der Waals surface area contributed by atoms with Crippen LogP contribution in [0.4, 0.5) is 5.69 Å². The lowest BCUT2D eigenvalue weighted by Gasteiger charge is -2.30. The molecule has 0 aliphatic carbocycles. The Bertz CT molecular complexity index is 1580. The van der Waals surface area contributed by atoms with E-state index < -0.39 is 11.8 Å². The van der Waals surface area contributed by atoms with E-state index in [2.05, 4.69) is 40.2 Å². The second-order valence-corrected chi connectivity index (χ2v) is 9.26. The molecule has 5 nitrogen and oxygen atoms in total. The van der Waals surface area contributed by atoms with E-state index in [1.807, 2.05) is 64.1 Å². The molecule has 2 amide bonds. The number of carbonyl (C=O) groups excluding carboxylic acids is 2. The van der Waals surface area contributed by atoms with E-state index in [1.54, 1.807) is 6.08 Å². The summed E-state index contributed by atoms with van der Waals surface area (Å²) in [6, 6.07) is 22.2. The number of rotatable bonds is 3. The van der Waals surface area contributed by atoms with Gasteiger partial charge in [-0.05, 0) is 97.7 Å². The molecule has 0 spiro atoms. The molecule has 0 radical (unpaired) electrons. The van der Waals surface area contributed by atoms with Crippen molar-refractivity contribution in [2.75, 3.05) is 4.90 Å². The third-order valence-electron chi connectivity index (χ3n) is 6.68. The van der Waals surface area contributed by atoms with Crippen molar-refractivity contribution < 1.29 is 9.59 Å². The standard InChI is InChI=1S/C29H25N3O2S/c1-17-8-7-11-26(19(17)3)32-28(34)25(27(33)30-29(32)35)16-23-14-18(2)31(20(23)4)24-13-12-21-9-5-6-10-22(21)15-24/h5-16H,1-4H3,(H,30,33,35)/b25-16+. The summed E-state index contributed by atoms with van der Waals surface area (Å²) in [6.07, 6.45) is 1.66. The monoisotopic (exact) mass is 479 g/mol. The predicted molar refractivity (Wildman–Crippen MR) is 145 cm³/mol. The lowest BCUT2D eigenvalue weighted by atomic mass is 10.0. The highest BCUT2D eigenvalue weighted by molar-refractivity contribution is 7.80. The van der Waals surface area contributed by atoms with Crippen LogP contribution in [0, 0.1) is 27.7 Å². The van der Waals surface area contributed by atoms with Crippen LogP contribution < -0.4 is 10.2 Å². The number of nitrogens with zero attached hydrogens (tertiary/aromatic N) is 2. The number of anilines is 1. The van der Waals surface area contributed by atoms with Gasteiger partial charge < -0.3 is 4.57 Å². The first-order valence-electron chi connectivity index (χ1n) is 11.4. The number of amides is 2. The van der Waals surface area contributed by atoms with Gasteiger partial charge in [0.25, 0.3) is 11.8 Å². The van der Waals surface area contributed by atoms with Crippen LogP contribution in [0.5, 0.6) is 0 Å². The van der Waals surface area contributed by atoms with Gasteiger partial charge in [0, 0.05) is 17.1 Å². The summed E-state index contributed by atoms with van der Waals surface area (Å²) >= 11 is 5.38. The van der Waals surface area contributed by atoms with Crippen LogP contribution >= 0.6 is 12.2 Å². The highest BCUT2D eigenvalue weighted by Gasteiger charge is 2.35. The maximum absolute atomic E-state index is 13.5. The second kappa shape index (κ2) is 8.64. The zero-order valence-electron chi connectivity index (χ0n) is 20.0. The van der Waals surface area contributed by atoms with E-state index in [1.165, 1.54) is 10.3 Å². The summed E-state index contributed by atoms with van der Waals surface area (Å²) in [4.78, 5) is 27.8. The number of nitrogens with one attached hydrogen (secondary N) is 1. The first-order valence-corrected chi connectivity index (χ1v) is 11.8. The van der Waals surface area contributed by atoms with E-state index in [9.17, 15) is 9.59 Å². The minimum Gasteiger partial charge on any atom is -0.318 e. The molecule has 5 rings (SSSR count). The van der Waals surface area contributed by atoms with Crippen LogP contribution in [-0.2, 0) is 9.59 Å². The molecule has 1 aliphatic heterocycles. The zero-order valence-corrected chi connectivity index (χ0v) is 20.9. The molecule has 6 heteroatoms. The number of thiocarbonyl (C=S) groups is 1. The SMILES string of the molecule is Cc1cccc(N2C(=O)/C(=C/c3cc(C)n(-c4ccc5ccccc5c4)c3C)C(=O)NC2=S)c1C. The quantitative estimate of drug-likeness (QED) is 0.233. The average molecular weight is 480 g/mol. The van der Waals surface area contributed by atoms with Gasteiger partial charge in [0.05, 0.1) is 5.69 Å². The van der Waals surface area contributed by atoms with Crippen LogP contribution in [0.1, 0.15) is 28.1 Å². The molecule has 174 valence electrons. The van der Waals surface area contributed by atoms with Crippen molar-refractivity contribution in [2.24, 2.45) is 0 Å². The highest BCUT2D eigenvalue weighted by Crippen LogP contribution is 2.29. The van der Waals surface area contributed by atoms with E-state index in [4.69, 9.17) is 12.2 Å². The van der Waals surface area contributed by atoms with Crippen molar-refractivity contribution >= 4 is 51.7 Å². The zero-order chi connectivity index (χ0) is 24.9. The first kappa shape index (κ1) is 22.7. The Kier molecular flexibility index (Phi) is 5.61. The van der Waals surface area contributed by atoms with Gasteiger partial charge in [-0.25, -0.2) is 0 Å². The summed E-state index contributed by atoms with van der Waals surface area (Å²) in [7, 11) is 0.